The zero-order valence-corrected chi connectivity index (χ0v) is 16.5. The Morgan fingerprint density at radius 2 is 1.76 bits per heavy atom. The number of ether oxygens (including phenoxy) is 1. The van der Waals surface area contributed by atoms with Crippen LogP contribution in [0.1, 0.15) is 24.5 Å². The highest BCUT2D eigenvalue weighted by Gasteiger charge is 2.20. The van der Waals surface area contributed by atoms with Crippen LogP contribution in [0, 0.1) is 19.7 Å². The summed E-state index contributed by atoms with van der Waals surface area (Å²) in [5.41, 5.74) is 2.79. The number of nitrogens with zero attached hydrogens (tertiary/aromatic N) is 2. The first kappa shape index (κ1) is 20.3. The van der Waals surface area contributed by atoms with E-state index in [4.69, 9.17) is 4.74 Å². The second-order valence-corrected chi connectivity index (χ2v) is 6.78. The van der Waals surface area contributed by atoms with Gasteiger partial charge in [0.2, 0.25) is 5.88 Å². The van der Waals surface area contributed by atoms with E-state index in [1.54, 1.807) is 0 Å². The SMILES string of the molecule is CC[C@@H](Oc1ccc(=O)n(-c2ccc(F)cc2)n1)C(=O)Nc1cc(C)cc(C)c1. The van der Waals surface area contributed by atoms with Crippen molar-refractivity contribution in [1.82, 2.24) is 9.78 Å². The maximum absolute atomic E-state index is 13.1. The van der Waals surface area contributed by atoms with Crippen LogP contribution in [0.3, 0.4) is 0 Å². The Kier molecular flexibility index (Phi) is 6.07. The predicted octanol–water partition coefficient (Wildman–Crippen LogP) is 3.78. The fraction of sp³-hybridized carbons (Fsp3) is 0.227. The Morgan fingerprint density at radius 3 is 2.38 bits per heavy atom. The van der Waals surface area contributed by atoms with Gasteiger partial charge in [-0.05, 0) is 67.8 Å². The van der Waals surface area contributed by atoms with Gasteiger partial charge in [0.25, 0.3) is 11.5 Å². The van der Waals surface area contributed by atoms with Gasteiger partial charge in [0, 0.05) is 17.8 Å². The normalized spacial score (nSPS) is 11.7. The van der Waals surface area contributed by atoms with Gasteiger partial charge in [0.05, 0.1) is 5.69 Å². The molecule has 3 aromatic rings. The zero-order valence-electron chi connectivity index (χ0n) is 16.5. The number of hydrogen-bond acceptors (Lipinski definition) is 4. The van der Waals surface area contributed by atoms with Crippen molar-refractivity contribution in [3.05, 3.63) is 81.9 Å². The third kappa shape index (κ3) is 5.07. The summed E-state index contributed by atoms with van der Waals surface area (Å²) >= 11 is 0. The largest absolute Gasteiger partial charge is 0.463 e. The first-order chi connectivity index (χ1) is 13.9. The standard InChI is InChI=1S/C22H22FN3O3/c1-4-19(22(28)24-17-12-14(2)11-15(3)13-17)29-20-9-10-21(27)26(25-20)18-7-5-16(23)6-8-18/h5-13,19H,4H2,1-3H3,(H,24,28)/t19-/m1/s1. The quantitative estimate of drug-likeness (QED) is 0.689. The lowest BCUT2D eigenvalue weighted by Gasteiger charge is -2.17. The number of carbonyl (C=O) groups excluding carboxylic acids is 1. The lowest BCUT2D eigenvalue weighted by molar-refractivity contribution is -0.123. The van der Waals surface area contributed by atoms with E-state index in [1.165, 1.54) is 36.4 Å². The first-order valence-electron chi connectivity index (χ1n) is 9.28. The summed E-state index contributed by atoms with van der Waals surface area (Å²) in [7, 11) is 0. The fourth-order valence-corrected chi connectivity index (χ4v) is 2.96. The van der Waals surface area contributed by atoms with Crippen LogP contribution in [0.4, 0.5) is 10.1 Å². The number of carbonyl (C=O) groups is 1. The molecule has 0 fully saturated rings. The van der Waals surface area contributed by atoms with E-state index in [0.29, 0.717) is 17.8 Å². The third-order valence-corrected chi connectivity index (χ3v) is 4.26. The minimum absolute atomic E-state index is 0.122. The number of anilines is 1. The molecular weight excluding hydrogens is 373 g/mol. The van der Waals surface area contributed by atoms with E-state index in [1.807, 2.05) is 39.0 Å². The van der Waals surface area contributed by atoms with Crippen LogP contribution >= 0.6 is 0 Å². The summed E-state index contributed by atoms with van der Waals surface area (Å²) in [6.07, 6.45) is -0.379. The number of aryl methyl sites for hydroxylation is 2. The minimum atomic E-state index is -0.789. The lowest BCUT2D eigenvalue weighted by Crippen LogP contribution is -2.33. The summed E-state index contributed by atoms with van der Waals surface area (Å²) in [5.74, 6) is -0.599. The highest BCUT2D eigenvalue weighted by Crippen LogP contribution is 2.16. The molecule has 0 unspecified atom stereocenters. The number of benzene rings is 2. The van der Waals surface area contributed by atoms with Gasteiger partial charge >= 0.3 is 0 Å². The molecule has 0 saturated heterocycles. The Bertz CT molecular complexity index is 1060. The van der Waals surface area contributed by atoms with Gasteiger partial charge in [0.1, 0.15) is 5.82 Å². The summed E-state index contributed by atoms with van der Waals surface area (Å²) < 4.78 is 20.0. The van der Waals surface area contributed by atoms with Gasteiger partial charge < -0.3 is 10.1 Å². The van der Waals surface area contributed by atoms with Crippen molar-refractivity contribution in [3.63, 3.8) is 0 Å². The molecule has 3 rings (SSSR count). The summed E-state index contributed by atoms with van der Waals surface area (Å²) in [6, 6.07) is 13.8. The molecule has 0 aliphatic carbocycles. The van der Waals surface area contributed by atoms with E-state index in [-0.39, 0.29) is 11.8 Å². The Balaban J connectivity index is 1.79. The van der Waals surface area contributed by atoms with Crippen molar-refractivity contribution >= 4 is 11.6 Å². The molecule has 0 aliphatic heterocycles. The second kappa shape index (κ2) is 8.68. The number of nitrogens with one attached hydrogen (secondary N) is 1. The van der Waals surface area contributed by atoms with E-state index >= 15 is 0 Å². The predicted molar refractivity (Wildman–Crippen MR) is 109 cm³/mol. The maximum Gasteiger partial charge on any atom is 0.271 e. The van der Waals surface area contributed by atoms with Gasteiger partial charge in [-0.3, -0.25) is 9.59 Å². The van der Waals surface area contributed by atoms with E-state index in [0.717, 1.165) is 15.8 Å². The van der Waals surface area contributed by atoms with Gasteiger partial charge in [-0.25, -0.2) is 4.39 Å². The smallest absolute Gasteiger partial charge is 0.271 e. The Labute approximate surface area is 168 Å². The van der Waals surface area contributed by atoms with Gasteiger partial charge in [0.15, 0.2) is 6.10 Å². The summed E-state index contributed by atoms with van der Waals surface area (Å²) in [6.45, 7) is 5.74. The minimum Gasteiger partial charge on any atom is -0.463 e. The number of rotatable bonds is 6. The van der Waals surface area contributed by atoms with E-state index < -0.39 is 17.5 Å². The average molecular weight is 395 g/mol. The number of amides is 1. The number of aromatic nitrogens is 2. The Hall–Kier alpha value is -3.48. The average Bonchev–Trinajstić information content (AvgIpc) is 2.67. The number of halogens is 1. The van der Waals surface area contributed by atoms with Crippen LogP contribution in [0.15, 0.2) is 59.4 Å². The zero-order chi connectivity index (χ0) is 21.0. The molecule has 2 aromatic carbocycles. The van der Waals surface area contributed by atoms with Crippen LogP contribution in [-0.4, -0.2) is 21.8 Å². The van der Waals surface area contributed by atoms with Crippen LogP contribution in [0.25, 0.3) is 5.69 Å². The van der Waals surface area contributed by atoms with Crippen molar-refractivity contribution in [1.29, 1.82) is 0 Å². The van der Waals surface area contributed by atoms with Crippen molar-refractivity contribution < 1.29 is 13.9 Å². The molecule has 0 bridgehead atoms. The van der Waals surface area contributed by atoms with Crippen molar-refractivity contribution in [2.75, 3.05) is 5.32 Å². The van der Waals surface area contributed by atoms with Crippen molar-refractivity contribution in [2.24, 2.45) is 0 Å². The first-order valence-corrected chi connectivity index (χ1v) is 9.28. The monoisotopic (exact) mass is 395 g/mol. The Morgan fingerprint density at radius 1 is 1.10 bits per heavy atom. The van der Waals surface area contributed by atoms with Crippen LogP contribution in [-0.2, 0) is 4.79 Å². The van der Waals surface area contributed by atoms with E-state index in [9.17, 15) is 14.0 Å². The molecular formula is C22H22FN3O3. The summed E-state index contributed by atoms with van der Waals surface area (Å²) in [5, 5.41) is 7.01. The molecule has 0 spiro atoms. The molecule has 150 valence electrons. The number of hydrogen-bond donors (Lipinski definition) is 1. The van der Waals surface area contributed by atoms with Crippen LogP contribution in [0.5, 0.6) is 5.88 Å². The lowest BCUT2D eigenvalue weighted by atomic mass is 10.1. The van der Waals surface area contributed by atoms with Crippen LogP contribution < -0.4 is 15.6 Å². The fourth-order valence-electron chi connectivity index (χ4n) is 2.96. The summed E-state index contributed by atoms with van der Waals surface area (Å²) in [4.78, 5) is 24.8. The maximum atomic E-state index is 13.1. The molecule has 1 N–H and O–H groups in total. The van der Waals surface area contributed by atoms with E-state index in [2.05, 4.69) is 10.4 Å². The molecule has 1 atom stereocenters. The molecule has 1 heterocycles. The van der Waals surface area contributed by atoms with Crippen molar-refractivity contribution in [2.45, 2.75) is 33.3 Å². The molecule has 0 aliphatic rings. The van der Waals surface area contributed by atoms with Gasteiger partial charge in [-0.1, -0.05) is 13.0 Å². The highest BCUT2D eigenvalue weighted by molar-refractivity contribution is 5.94. The van der Waals surface area contributed by atoms with Gasteiger partial charge in [-0.2, -0.15) is 4.68 Å². The van der Waals surface area contributed by atoms with Crippen molar-refractivity contribution in [3.8, 4) is 11.6 Å². The molecule has 7 heteroatoms. The molecule has 0 radical (unpaired) electrons. The topological polar surface area (TPSA) is 73.2 Å². The molecule has 0 saturated carbocycles. The molecule has 29 heavy (non-hydrogen) atoms. The molecule has 1 aromatic heterocycles. The third-order valence-electron chi connectivity index (χ3n) is 4.26. The molecule has 6 nitrogen and oxygen atoms in total. The highest BCUT2D eigenvalue weighted by atomic mass is 19.1. The van der Waals surface area contributed by atoms with Gasteiger partial charge in [-0.15, -0.1) is 5.10 Å². The second-order valence-electron chi connectivity index (χ2n) is 6.78. The van der Waals surface area contributed by atoms with Crippen LogP contribution in [0.2, 0.25) is 0 Å². The molecule has 1 amide bonds.